The van der Waals surface area contributed by atoms with Crippen molar-refractivity contribution in [2.24, 2.45) is 16.6 Å². The molecule has 23 heavy (non-hydrogen) atoms. The van der Waals surface area contributed by atoms with E-state index in [1.807, 2.05) is 12.1 Å². The summed E-state index contributed by atoms with van der Waals surface area (Å²) in [6.07, 6.45) is 6.23. The number of nitrogens with zero attached hydrogens (tertiary/aromatic N) is 3. The van der Waals surface area contributed by atoms with Crippen molar-refractivity contribution in [2.75, 3.05) is 5.75 Å². The number of hydrogen-bond acceptors (Lipinski definition) is 6. The van der Waals surface area contributed by atoms with E-state index in [1.54, 1.807) is 24.2 Å². The van der Waals surface area contributed by atoms with Gasteiger partial charge in [0.15, 0.2) is 5.17 Å². The molecule has 6 heteroatoms. The van der Waals surface area contributed by atoms with Crippen LogP contribution in [0.25, 0.3) is 11.1 Å². The number of nitrogens with two attached hydrogens (primary N) is 1. The van der Waals surface area contributed by atoms with Crippen molar-refractivity contribution in [3.8, 4) is 11.1 Å². The lowest BCUT2D eigenvalue weighted by atomic mass is 9.81. The Balaban J connectivity index is 1.81. The van der Waals surface area contributed by atoms with Crippen LogP contribution in [0.2, 0.25) is 0 Å². The third-order valence-corrected chi connectivity index (χ3v) is 5.73. The number of aromatic nitrogens is 2. The van der Waals surface area contributed by atoms with Gasteiger partial charge in [-0.05, 0) is 23.6 Å². The molecule has 1 saturated carbocycles. The van der Waals surface area contributed by atoms with Gasteiger partial charge in [-0.2, -0.15) is 0 Å². The molecule has 0 radical (unpaired) electrons. The molecule has 0 saturated heterocycles. The van der Waals surface area contributed by atoms with Crippen molar-refractivity contribution in [3.05, 3.63) is 48.5 Å². The second-order valence-electron chi connectivity index (χ2n) is 6.18. The van der Waals surface area contributed by atoms with Gasteiger partial charge in [0.1, 0.15) is 6.33 Å². The fourth-order valence-corrected chi connectivity index (χ4v) is 4.74. The molecule has 3 N–H and O–H groups in total. The van der Waals surface area contributed by atoms with E-state index in [2.05, 4.69) is 22.1 Å². The van der Waals surface area contributed by atoms with Crippen LogP contribution >= 0.6 is 11.8 Å². The van der Waals surface area contributed by atoms with Crippen molar-refractivity contribution in [2.45, 2.75) is 24.5 Å². The minimum atomic E-state index is -0.402. The van der Waals surface area contributed by atoms with Crippen LogP contribution in [0.3, 0.4) is 0 Å². The van der Waals surface area contributed by atoms with E-state index < -0.39 is 5.54 Å². The molecule has 5 nitrogen and oxygen atoms in total. The highest BCUT2D eigenvalue weighted by Gasteiger charge is 2.50. The standard InChI is InChI=1S/C17H18N4OS/c18-16-21-17(6-15(22)5-14(17)9-23-16)13-3-1-2-11(4-13)12-7-19-10-20-8-12/h1-4,7-8,10,14-15,22H,5-6,9H2,(H2,18,21). The molecule has 1 aliphatic carbocycles. The SMILES string of the molecule is NC1=NC2(c3cccc(-c4cncnc4)c3)CC(O)CC2CS1. The predicted molar refractivity (Wildman–Crippen MR) is 92.0 cm³/mol. The van der Waals surface area contributed by atoms with Crippen LogP contribution in [0.15, 0.2) is 48.0 Å². The number of aliphatic hydroxyl groups is 1. The molecule has 1 aromatic heterocycles. The summed E-state index contributed by atoms with van der Waals surface area (Å²) in [5.74, 6) is 1.22. The van der Waals surface area contributed by atoms with Gasteiger partial charge in [0, 0.05) is 36.0 Å². The summed E-state index contributed by atoms with van der Waals surface area (Å²) >= 11 is 1.59. The maximum absolute atomic E-state index is 10.2. The van der Waals surface area contributed by atoms with E-state index >= 15 is 0 Å². The Kier molecular flexibility index (Phi) is 3.58. The zero-order valence-electron chi connectivity index (χ0n) is 12.6. The van der Waals surface area contributed by atoms with Crippen molar-refractivity contribution >= 4 is 16.9 Å². The van der Waals surface area contributed by atoms with Crippen LogP contribution in [-0.2, 0) is 5.54 Å². The average molecular weight is 326 g/mol. The fraction of sp³-hybridized carbons (Fsp3) is 0.353. The number of fused-ring (bicyclic) bond motifs is 1. The first-order chi connectivity index (χ1) is 11.2. The molecule has 0 spiro atoms. The predicted octanol–water partition coefficient (Wildman–Crippen LogP) is 2.17. The summed E-state index contributed by atoms with van der Waals surface area (Å²) in [6.45, 7) is 0. The molecule has 0 bridgehead atoms. The fourth-order valence-electron chi connectivity index (χ4n) is 3.72. The highest BCUT2D eigenvalue weighted by molar-refractivity contribution is 8.13. The van der Waals surface area contributed by atoms with Crippen molar-refractivity contribution in [1.82, 2.24) is 9.97 Å². The second kappa shape index (κ2) is 5.62. The highest BCUT2D eigenvalue weighted by atomic mass is 32.2. The lowest BCUT2D eigenvalue weighted by molar-refractivity contribution is 0.173. The molecule has 4 rings (SSSR count). The van der Waals surface area contributed by atoms with Crippen LogP contribution in [-0.4, -0.2) is 32.1 Å². The Labute approximate surface area is 139 Å². The Morgan fingerprint density at radius 2 is 2.04 bits per heavy atom. The van der Waals surface area contributed by atoms with E-state index in [-0.39, 0.29) is 6.10 Å². The maximum atomic E-state index is 10.2. The van der Waals surface area contributed by atoms with Gasteiger partial charge >= 0.3 is 0 Å². The first kappa shape index (κ1) is 14.7. The summed E-state index contributed by atoms with van der Waals surface area (Å²) < 4.78 is 0. The van der Waals surface area contributed by atoms with Crippen molar-refractivity contribution in [3.63, 3.8) is 0 Å². The molecule has 1 aliphatic heterocycles. The van der Waals surface area contributed by atoms with Crippen LogP contribution in [0.1, 0.15) is 18.4 Å². The third-order valence-electron chi connectivity index (χ3n) is 4.78. The molecular formula is C17H18N4OS. The Morgan fingerprint density at radius 1 is 1.22 bits per heavy atom. The van der Waals surface area contributed by atoms with Gasteiger partial charge in [-0.15, -0.1) is 0 Å². The van der Waals surface area contributed by atoms with Gasteiger partial charge in [0.2, 0.25) is 0 Å². The molecule has 1 fully saturated rings. The summed E-state index contributed by atoms with van der Waals surface area (Å²) in [7, 11) is 0. The van der Waals surface area contributed by atoms with E-state index in [0.717, 1.165) is 28.9 Å². The zero-order valence-corrected chi connectivity index (χ0v) is 13.4. The van der Waals surface area contributed by atoms with E-state index in [4.69, 9.17) is 10.7 Å². The largest absolute Gasteiger partial charge is 0.393 e. The number of aliphatic hydroxyl groups excluding tert-OH is 1. The number of rotatable bonds is 2. The number of thioether (sulfide) groups is 1. The molecule has 3 atom stereocenters. The van der Waals surface area contributed by atoms with E-state index in [9.17, 15) is 5.11 Å². The first-order valence-electron chi connectivity index (χ1n) is 7.69. The third kappa shape index (κ3) is 2.52. The molecule has 1 aromatic carbocycles. The molecule has 2 aliphatic rings. The Morgan fingerprint density at radius 3 is 2.87 bits per heavy atom. The summed E-state index contributed by atoms with van der Waals surface area (Å²) in [5.41, 5.74) is 8.77. The minimum absolute atomic E-state index is 0.317. The lowest BCUT2D eigenvalue weighted by Gasteiger charge is -2.35. The van der Waals surface area contributed by atoms with Gasteiger partial charge in [-0.1, -0.05) is 30.0 Å². The van der Waals surface area contributed by atoms with Gasteiger partial charge < -0.3 is 10.8 Å². The quantitative estimate of drug-likeness (QED) is 0.883. The van der Waals surface area contributed by atoms with Crippen LogP contribution in [0, 0.1) is 5.92 Å². The normalized spacial score (nSPS) is 29.9. The van der Waals surface area contributed by atoms with Crippen molar-refractivity contribution in [1.29, 1.82) is 0 Å². The average Bonchev–Trinajstić information content (AvgIpc) is 2.92. The molecule has 2 heterocycles. The Bertz CT molecular complexity index is 751. The summed E-state index contributed by atoms with van der Waals surface area (Å²) in [5, 5.41) is 10.8. The van der Waals surface area contributed by atoms with Gasteiger partial charge in [-0.3, -0.25) is 4.99 Å². The molecule has 3 unspecified atom stereocenters. The van der Waals surface area contributed by atoms with E-state index in [1.165, 1.54) is 6.33 Å². The maximum Gasteiger partial charge on any atom is 0.154 e. The van der Waals surface area contributed by atoms with Gasteiger partial charge in [0.25, 0.3) is 0 Å². The van der Waals surface area contributed by atoms with Crippen LogP contribution in [0.5, 0.6) is 0 Å². The van der Waals surface area contributed by atoms with Crippen LogP contribution in [0.4, 0.5) is 0 Å². The number of hydrogen-bond donors (Lipinski definition) is 2. The monoisotopic (exact) mass is 326 g/mol. The summed E-state index contributed by atoms with van der Waals surface area (Å²) in [4.78, 5) is 13.0. The number of aliphatic imine (C=N–C) groups is 1. The van der Waals surface area contributed by atoms with Crippen molar-refractivity contribution < 1.29 is 5.11 Å². The first-order valence-corrected chi connectivity index (χ1v) is 8.68. The molecule has 0 amide bonds. The van der Waals surface area contributed by atoms with Gasteiger partial charge in [0.05, 0.1) is 11.6 Å². The van der Waals surface area contributed by atoms with Crippen LogP contribution < -0.4 is 5.73 Å². The molecule has 2 aromatic rings. The zero-order chi connectivity index (χ0) is 15.9. The lowest BCUT2D eigenvalue weighted by Crippen LogP contribution is -2.36. The topological polar surface area (TPSA) is 84.4 Å². The number of amidine groups is 1. The smallest absolute Gasteiger partial charge is 0.154 e. The highest BCUT2D eigenvalue weighted by Crippen LogP contribution is 2.51. The molecule has 118 valence electrons. The Hall–Kier alpha value is -1.92. The molecular weight excluding hydrogens is 308 g/mol. The second-order valence-corrected chi connectivity index (χ2v) is 7.22. The summed E-state index contributed by atoms with van der Waals surface area (Å²) in [6, 6.07) is 8.30. The minimum Gasteiger partial charge on any atom is -0.393 e. The van der Waals surface area contributed by atoms with Gasteiger partial charge in [-0.25, -0.2) is 9.97 Å². The van der Waals surface area contributed by atoms with E-state index in [0.29, 0.717) is 17.5 Å². The number of benzene rings is 1.